The lowest BCUT2D eigenvalue weighted by Crippen LogP contribution is -2.36. The molecule has 0 saturated heterocycles. The maximum absolute atomic E-state index is 12.5. The lowest BCUT2D eigenvalue weighted by molar-refractivity contribution is 0.423. The summed E-state index contributed by atoms with van der Waals surface area (Å²) >= 11 is 1.24. The molecule has 0 amide bonds. The molecule has 7 heteroatoms. The quantitative estimate of drug-likeness (QED) is 0.837. The van der Waals surface area contributed by atoms with Gasteiger partial charge in [-0.05, 0) is 23.4 Å². The lowest BCUT2D eigenvalue weighted by atomic mass is 10.1. The van der Waals surface area contributed by atoms with Gasteiger partial charge in [0.15, 0.2) is 0 Å². The number of nitrogens with two attached hydrogens (primary N) is 1. The number of rotatable bonds is 7. The van der Waals surface area contributed by atoms with Gasteiger partial charge >= 0.3 is 0 Å². The van der Waals surface area contributed by atoms with Crippen LogP contribution in [0, 0.1) is 0 Å². The number of thiophene rings is 1. The van der Waals surface area contributed by atoms with E-state index in [1.165, 1.54) is 15.6 Å². The van der Waals surface area contributed by atoms with Crippen LogP contribution in [0.25, 0.3) is 0 Å². The predicted molar refractivity (Wildman–Crippen MR) is 89.5 cm³/mol. The van der Waals surface area contributed by atoms with E-state index in [-0.39, 0.29) is 12.4 Å². The van der Waals surface area contributed by atoms with Crippen molar-refractivity contribution in [3.63, 3.8) is 0 Å². The Morgan fingerprint density at radius 3 is 2.33 bits per heavy atom. The van der Waals surface area contributed by atoms with Gasteiger partial charge in [0.1, 0.15) is 4.21 Å². The molecule has 0 radical (unpaired) electrons. The SMILES string of the molecule is Cl.NCCN(CCc1ccccc1)S(=O)(=O)c1cccs1. The Labute approximate surface area is 136 Å². The van der Waals surface area contributed by atoms with Gasteiger partial charge in [-0.25, -0.2) is 8.42 Å². The first-order valence-electron chi connectivity index (χ1n) is 6.42. The first kappa shape index (κ1) is 18.1. The van der Waals surface area contributed by atoms with Gasteiger partial charge < -0.3 is 5.73 Å². The van der Waals surface area contributed by atoms with Crippen LogP contribution in [0.5, 0.6) is 0 Å². The van der Waals surface area contributed by atoms with Gasteiger partial charge in [-0.2, -0.15) is 4.31 Å². The van der Waals surface area contributed by atoms with Gasteiger partial charge in [0.05, 0.1) is 0 Å². The Balaban J connectivity index is 0.00000220. The monoisotopic (exact) mass is 346 g/mol. The van der Waals surface area contributed by atoms with Gasteiger partial charge in [0, 0.05) is 19.6 Å². The molecule has 0 atom stereocenters. The number of hydrogen-bond donors (Lipinski definition) is 1. The molecule has 0 aliphatic heterocycles. The molecule has 0 bridgehead atoms. The molecule has 0 spiro atoms. The Hall–Kier alpha value is -0.920. The second kappa shape index (κ2) is 8.51. The maximum Gasteiger partial charge on any atom is 0.252 e. The smallest absolute Gasteiger partial charge is 0.252 e. The fourth-order valence-electron chi connectivity index (χ4n) is 1.93. The lowest BCUT2D eigenvalue weighted by Gasteiger charge is -2.20. The number of nitrogens with zero attached hydrogens (tertiary/aromatic N) is 1. The van der Waals surface area contributed by atoms with Gasteiger partial charge in [-0.3, -0.25) is 0 Å². The zero-order valence-corrected chi connectivity index (χ0v) is 14.0. The molecule has 116 valence electrons. The average Bonchev–Trinajstić information content (AvgIpc) is 2.99. The van der Waals surface area contributed by atoms with Crippen LogP contribution in [0.1, 0.15) is 5.56 Å². The molecular formula is C14H19ClN2O2S2. The average molecular weight is 347 g/mol. The number of benzene rings is 1. The summed E-state index contributed by atoms with van der Waals surface area (Å²) in [6.07, 6.45) is 0.686. The van der Waals surface area contributed by atoms with Crippen molar-refractivity contribution in [3.8, 4) is 0 Å². The molecular weight excluding hydrogens is 328 g/mol. The highest BCUT2D eigenvalue weighted by Gasteiger charge is 2.24. The van der Waals surface area contributed by atoms with Crippen LogP contribution >= 0.6 is 23.7 Å². The highest BCUT2D eigenvalue weighted by molar-refractivity contribution is 7.91. The predicted octanol–water partition coefficient (Wildman–Crippen LogP) is 2.36. The zero-order valence-electron chi connectivity index (χ0n) is 11.5. The van der Waals surface area contributed by atoms with Crippen LogP contribution in [0.2, 0.25) is 0 Å². The maximum atomic E-state index is 12.5. The van der Waals surface area contributed by atoms with Crippen molar-refractivity contribution >= 4 is 33.8 Å². The van der Waals surface area contributed by atoms with Crippen molar-refractivity contribution in [2.45, 2.75) is 10.6 Å². The van der Waals surface area contributed by atoms with Crippen LogP contribution < -0.4 is 5.73 Å². The van der Waals surface area contributed by atoms with Crippen molar-refractivity contribution in [3.05, 3.63) is 53.4 Å². The van der Waals surface area contributed by atoms with Crippen LogP contribution in [-0.2, 0) is 16.4 Å². The number of sulfonamides is 1. The Bertz CT molecular complexity index is 616. The van der Waals surface area contributed by atoms with E-state index < -0.39 is 10.0 Å². The third kappa shape index (κ3) is 4.79. The molecule has 2 rings (SSSR count). The van der Waals surface area contributed by atoms with Crippen molar-refractivity contribution in [1.29, 1.82) is 0 Å². The first-order valence-corrected chi connectivity index (χ1v) is 8.74. The third-order valence-electron chi connectivity index (χ3n) is 2.96. The minimum atomic E-state index is -3.42. The van der Waals surface area contributed by atoms with E-state index in [1.54, 1.807) is 17.5 Å². The second-order valence-electron chi connectivity index (χ2n) is 4.36. The summed E-state index contributed by atoms with van der Waals surface area (Å²) in [7, 11) is -3.42. The van der Waals surface area contributed by atoms with Gasteiger partial charge in [-0.1, -0.05) is 36.4 Å². The summed E-state index contributed by atoms with van der Waals surface area (Å²) in [6.45, 7) is 1.11. The van der Waals surface area contributed by atoms with Crippen molar-refractivity contribution in [2.24, 2.45) is 5.73 Å². The van der Waals surface area contributed by atoms with E-state index in [4.69, 9.17) is 5.73 Å². The summed E-state index contributed by atoms with van der Waals surface area (Å²) in [5.74, 6) is 0. The summed E-state index contributed by atoms with van der Waals surface area (Å²) in [6, 6.07) is 13.2. The molecule has 1 aromatic heterocycles. The molecule has 1 aromatic carbocycles. The van der Waals surface area contributed by atoms with Crippen molar-refractivity contribution in [1.82, 2.24) is 4.31 Å². The van der Waals surface area contributed by atoms with E-state index in [0.717, 1.165) is 5.56 Å². The largest absolute Gasteiger partial charge is 0.329 e. The van der Waals surface area contributed by atoms with Crippen LogP contribution in [0.15, 0.2) is 52.1 Å². The minimum absolute atomic E-state index is 0. The zero-order chi connectivity index (χ0) is 14.4. The molecule has 0 aliphatic carbocycles. The molecule has 0 saturated carbocycles. The highest BCUT2D eigenvalue weighted by Crippen LogP contribution is 2.20. The van der Waals surface area contributed by atoms with Crippen LogP contribution in [0.3, 0.4) is 0 Å². The standard InChI is InChI=1S/C14H18N2O2S2.ClH/c15-9-11-16(10-8-13-5-2-1-3-6-13)20(17,18)14-7-4-12-19-14;/h1-7,12H,8-11,15H2;1H. The van der Waals surface area contributed by atoms with E-state index in [2.05, 4.69) is 0 Å². The first-order chi connectivity index (χ1) is 9.64. The Kier molecular flexibility index (Phi) is 7.34. The fraction of sp³-hybridized carbons (Fsp3) is 0.286. The van der Waals surface area contributed by atoms with Crippen molar-refractivity contribution in [2.75, 3.05) is 19.6 Å². The molecule has 1 heterocycles. The number of hydrogen-bond acceptors (Lipinski definition) is 4. The summed E-state index contributed by atoms with van der Waals surface area (Å²) in [4.78, 5) is 0. The molecule has 2 aromatic rings. The minimum Gasteiger partial charge on any atom is -0.329 e. The van der Waals surface area contributed by atoms with Crippen molar-refractivity contribution < 1.29 is 8.42 Å². The molecule has 4 nitrogen and oxygen atoms in total. The van der Waals surface area contributed by atoms with Gasteiger partial charge in [0.25, 0.3) is 10.0 Å². The Morgan fingerprint density at radius 2 is 1.76 bits per heavy atom. The van der Waals surface area contributed by atoms with E-state index >= 15 is 0 Å². The van der Waals surface area contributed by atoms with E-state index in [1.807, 2.05) is 30.3 Å². The second-order valence-corrected chi connectivity index (χ2v) is 7.47. The third-order valence-corrected chi connectivity index (χ3v) is 6.23. The van der Waals surface area contributed by atoms with Crippen LogP contribution in [-0.4, -0.2) is 32.4 Å². The highest BCUT2D eigenvalue weighted by atomic mass is 35.5. The summed E-state index contributed by atoms with van der Waals surface area (Å²) < 4.78 is 26.8. The van der Waals surface area contributed by atoms with Gasteiger partial charge in [0.2, 0.25) is 0 Å². The molecule has 0 aliphatic rings. The summed E-state index contributed by atoms with van der Waals surface area (Å²) in [5, 5.41) is 1.77. The van der Waals surface area contributed by atoms with Crippen LogP contribution in [0.4, 0.5) is 0 Å². The molecule has 2 N–H and O–H groups in total. The van der Waals surface area contributed by atoms with E-state index in [0.29, 0.717) is 30.3 Å². The topological polar surface area (TPSA) is 63.4 Å². The Morgan fingerprint density at radius 1 is 1.05 bits per heavy atom. The molecule has 0 unspecified atom stereocenters. The molecule has 0 fully saturated rings. The molecule has 21 heavy (non-hydrogen) atoms. The normalized spacial score (nSPS) is 11.3. The van der Waals surface area contributed by atoms with Gasteiger partial charge in [-0.15, -0.1) is 23.7 Å². The summed E-state index contributed by atoms with van der Waals surface area (Å²) in [5.41, 5.74) is 6.67. The van der Waals surface area contributed by atoms with E-state index in [9.17, 15) is 8.42 Å². The number of halogens is 1. The fourth-order valence-corrected chi connectivity index (χ4v) is 4.53.